The molecule has 29 heavy (non-hydrogen) atoms. The summed E-state index contributed by atoms with van der Waals surface area (Å²) in [5, 5.41) is 8.64. The van der Waals surface area contributed by atoms with Crippen LogP contribution in [0.1, 0.15) is 6.92 Å². The van der Waals surface area contributed by atoms with E-state index in [1.54, 1.807) is 25.1 Å². The van der Waals surface area contributed by atoms with Gasteiger partial charge in [-0.2, -0.15) is 0 Å². The van der Waals surface area contributed by atoms with Crippen LogP contribution in [0.4, 0.5) is 16.4 Å². The van der Waals surface area contributed by atoms with Gasteiger partial charge in [0, 0.05) is 38.4 Å². The van der Waals surface area contributed by atoms with Crippen molar-refractivity contribution in [3.8, 4) is 0 Å². The van der Waals surface area contributed by atoms with Crippen LogP contribution >= 0.6 is 0 Å². The first-order valence-corrected chi connectivity index (χ1v) is 9.45. The molecular weight excluding hydrogens is 378 g/mol. The van der Waals surface area contributed by atoms with Gasteiger partial charge in [-0.15, -0.1) is 0 Å². The molecule has 1 aromatic carbocycles. The van der Waals surface area contributed by atoms with Gasteiger partial charge in [0.15, 0.2) is 0 Å². The minimum atomic E-state index is -0.962. The molecular formula is C18H25N7O4. The topological polar surface area (TPSA) is 154 Å². The summed E-state index contributed by atoms with van der Waals surface area (Å²) < 4.78 is 4.76. The molecule has 0 radical (unpaired) electrons. The Hall–Kier alpha value is -3.18. The van der Waals surface area contributed by atoms with Crippen molar-refractivity contribution in [2.45, 2.75) is 13.0 Å². The van der Waals surface area contributed by atoms with Crippen molar-refractivity contribution < 1.29 is 14.3 Å². The second-order valence-corrected chi connectivity index (χ2v) is 6.50. The summed E-state index contributed by atoms with van der Waals surface area (Å²) >= 11 is 0. The number of hydrogen-bond donors (Lipinski definition) is 5. The van der Waals surface area contributed by atoms with Gasteiger partial charge in [-0.05, 0) is 25.1 Å². The molecule has 0 bridgehead atoms. The van der Waals surface area contributed by atoms with Gasteiger partial charge in [0.2, 0.25) is 11.9 Å². The molecule has 0 aliphatic carbocycles. The number of piperazine rings is 1. The molecule has 11 heteroatoms. The van der Waals surface area contributed by atoms with E-state index in [2.05, 4.69) is 25.9 Å². The number of nitrogens with one attached hydrogen (secondary N) is 4. The summed E-state index contributed by atoms with van der Waals surface area (Å²) in [7, 11) is 0. The fourth-order valence-corrected chi connectivity index (χ4v) is 3.01. The molecule has 2 amide bonds. The number of rotatable bonds is 6. The fraction of sp³-hybridized carbons (Fsp3) is 0.444. The third-order valence-electron chi connectivity index (χ3n) is 4.50. The van der Waals surface area contributed by atoms with Crippen LogP contribution in [-0.4, -0.2) is 67.3 Å². The third-order valence-corrected chi connectivity index (χ3v) is 4.50. The van der Waals surface area contributed by atoms with Gasteiger partial charge in [0.1, 0.15) is 6.04 Å². The Bertz CT molecular complexity index is 939. The molecule has 3 rings (SSSR count). The average molecular weight is 403 g/mol. The Kier molecular flexibility index (Phi) is 6.62. The lowest BCUT2D eigenvalue weighted by atomic mass is 10.2. The predicted molar refractivity (Wildman–Crippen MR) is 109 cm³/mol. The van der Waals surface area contributed by atoms with E-state index in [9.17, 15) is 14.4 Å². The summed E-state index contributed by atoms with van der Waals surface area (Å²) in [6.07, 6.45) is -0.724. The largest absolute Gasteiger partial charge is 0.450 e. The molecule has 1 aliphatic heterocycles. The summed E-state index contributed by atoms with van der Waals surface area (Å²) in [6.45, 7) is 4.91. The quantitative estimate of drug-likeness (QED) is 0.426. The molecule has 1 saturated heterocycles. The Balaban J connectivity index is 1.76. The second-order valence-electron chi connectivity index (χ2n) is 6.50. The summed E-state index contributed by atoms with van der Waals surface area (Å²) in [4.78, 5) is 45.8. The lowest BCUT2D eigenvalue weighted by molar-refractivity contribution is -0.117. The lowest BCUT2D eigenvalue weighted by Crippen LogP contribution is -2.48. The molecule has 1 atom stereocenters. The Morgan fingerprint density at radius 3 is 2.79 bits per heavy atom. The van der Waals surface area contributed by atoms with Gasteiger partial charge in [0.25, 0.3) is 5.56 Å². The minimum Gasteiger partial charge on any atom is -0.450 e. The molecule has 2 aromatic rings. The van der Waals surface area contributed by atoms with Crippen molar-refractivity contribution in [1.82, 2.24) is 20.6 Å². The van der Waals surface area contributed by atoms with Gasteiger partial charge in [0.05, 0.1) is 17.5 Å². The van der Waals surface area contributed by atoms with Crippen molar-refractivity contribution in [3.05, 3.63) is 28.6 Å². The zero-order valence-electron chi connectivity index (χ0n) is 16.2. The van der Waals surface area contributed by atoms with Gasteiger partial charge >= 0.3 is 6.09 Å². The number of nitrogens with zero attached hydrogens (tertiary/aromatic N) is 2. The number of ether oxygens (including phenoxy) is 1. The highest BCUT2D eigenvalue weighted by molar-refractivity contribution is 5.98. The zero-order valence-corrected chi connectivity index (χ0v) is 16.2. The van der Waals surface area contributed by atoms with E-state index in [-0.39, 0.29) is 18.7 Å². The maximum absolute atomic E-state index is 12.5. The first kappa shape index (κ1) is 20.6. The van der Waals surface area contributed by atoms with Crippen molar-refractivity contribution in [2.24, 2.45) is 5.73 Å². The van der Waals surface area contributed by atoms with Crippen LogP contribution < -0.4 is 32.1 Å². The van der Waals surface area contributed by atoms with E-state index in [0.717, 1.165) is 26.2 Å². The summed E-state index contributed by atoms with van der Waals surface area (Å²) in [5.41, 5.74) is 6.20. The van der Waals surface area contributed by atoms with Gasteiger partial charge in [-0.3, -0.25) is 14.6 Å². The van der Waals surface area contributed by atoms with Crippen molar-refractivity contribution in [1.29, 1.82) is 0 Å². The SMILES string of the molecule is CCOC(=O)N[C@@H](CN)C(=O)Nc1ccc2nc(N3CCNCC3)[nH]c(=O)c2c1. The monoisotopic (exact) mass is 403 g/mol. The molecule has 1 aliphatic rings. The number of benzene rings is 1. The second kappa shape index (κ2) is 9.34. The number of anilines is 2. The fourth-order valence-electron chi connectivity index (χ4n) is 3.01. The number of aromatic nitrogens is 2. The normalized spacial score (nSPS) is 15.0. The number of nitrogens with two attached hydrogens (primary N) is 1. The smallest absolute Gasteiger partial charge is 0.407 e. The van der Waals surface area contributed by atoms with Crippen LogP contribution in [0.15, 0.2) is 23.0 Å². The van der Waals surface area contributed by atoms with Crippen LogP contribution in [0.25, 0.3) is 10.9 Å². The number of fused-ring (bicyclic) bond motifs is 1. The molecule has 11 nitrogen and oxygen atoms in total. The number of amides is 2. The first-order chi connectivity index (χ1) is 14.0. The minimum absolute atomic E-state index is 0.103. The van der Waals surface area contributed by atoms with E-state index < -0.39 is 18.0 Å². The predicted octanol–water partition coefficient (Wildman–Crippen LogP) is -0.655. The number of carbonyl (C=O) groups excluding carboxylic acids is 2. The Morgan fingerprint density at radius 2 is 2.10 bits per heavy atom. The van der Waals surface area contributed by atoms with Crippen LogP contribution in [0, 0.1) is 0 Å². The highest BCUT2D eigenvalue weighted by Gasteiger charge is 2.20. The zero-order chi connectivity index (χ0) is 20.8. The summed E-state index contributed by atoms with van der Waals surface area (Å²) in [6, 6.07) is 3.89. The van der Waals surface area contributed by atoms with Gasteiger partial charge < -0.3 is 31.3 Å². The number of alkyl carbamates (subject to hydrolysis) is 1. The van der Waals surface area contributed by atoms with Gasteiger partial charge in [-0.1, -0.05) is 0 Å². The van der Waals surface area contributed by atoms with Crippen molar-refractivity contribution in [2.75, 3.05) is 49.5 Å². The number of carbonyl (C=O) groups is 2. The third kappa shape index (κ3) is 5.00. The van der Waals surface area contributed by atoms with E-state index in [0.29, 0.717) is 22.5 Å². The summed E-state index contributed by atoms with van der Waals surface area (Å²) in [5.74, 6) is 0.0179. The molecule has 0 spiro atoms. The lowest BCUT2D eigenvalue weighted by Gasteiger charge is -2.27. The van der Waals surface area contributed by atoms with E-state index in [1.165, 1.54) is 0 Å². The Morgan fingerprint density at radius 1 is 1.34 bits per heavy atom. The molecule has 1 aromatic heterocycles. The first-order valence-electron chi connectivity index (χ1n) is 9.45. The molecule has 2 heterocycles. The average Bonchev–Trinajstić information content (AvgIpc) is 2.73. The van der Waals surface area contributed by atoms with Crippen molar-refractivity contribution >= 4 is 34.5 Å². The van der Waals surface area contributed by atoms with Crippen LogP contribution in [-0.2, 0) is 9.53 Å². The van der Waals surface area contributed by atoms with Gasteiger partial charge in [-0.25, -0.2) is 9.78 Å². The van der Waals surface area contributed by atoms with E-state index in [4.69, 9.17) is 10.5 Å². The highest BCUT2D eigenvalue weighted by Crippen LogP contribution is 2.17. The van der Waals surface area contributed by atoms with Crippen LogP contribution in [0.2, 0.25) is 0 Å². The number of H-pyrrole nitrogens is 1. The molecule has 1 fully saturated rings. The molecule has 6 N–H and O–H groups in total. The van der Waals surface area contributed by atoms with E-state index in [1.807, 2.05) is 4.90 Å². The number of hydrogen-bond acceptors (Lipinski definition) is 8. The molecule has 0 saturated carbocycles. The van der Waals surface area contributed by atoms with Crippen LogP contribution in [0.5, 0.6) is 0 Å². The molecule has 0 unspecified atom stereocenters. The number of aromatic amines is 1. The van der Waals surface area contributed by atoms with E-state index >= 15 is 0 Å². The maximum atomic E-state index is 12.5. The van der Waals surface area contributed by atoms with Crippen molar-refractivity contribution in [3.63, 3.8) is 0 Å². The maximum Gasteiger partial charge on any atom is 0.407 e. The highest BCUT2D eigenvalue weighted by atomic mass is 16.5. The standard InChI is InChI=1S/C18H25N7O4/c1-2-29-18(28)23-14(10-19)16(27)21-11-3-4-13-12(9-11)15(26)24-17(22-13)25-7-5-20-6-8-25/h3-4,9,14,20H,2,5-8,10,19H2,1H3,(H,21,27)(H,23,28)(H,22,24,26)/t14-/m0/s1. The Labute approximate surface area is 167 Å². The van der Waals surface area contributed by atoms with Crippen LogP contribution in [0.3, 0.4) is 0 Å². The molecule has 156 valence electrons.